The zero-order valence-electron chi connectivity index (χ0n) is 7.81. The van der Waals surface area contributed by atoms with E-state index in [0.29, 0.717) is 18.2 Å². The molecule has 1 amide bonds. The Balaban J connectivity index is 2.95. The third-order valence-corrected chi connectivity index (χ3v) is 1.80. The van der Waals surface area contributed by atoms with Gasteiger partial charge in [0.05, 0.1) is 5.56 Å². The third kappa shape index (κ3) is 3.11. The summed E-state index contributed by atoms with van der Waals surface area (Å²) in [7, 11) is 0. The van der Waals surface area contributed by atoms with Crippen molar-refractivity contribution in [3.63, 3.8) is 0 Å². The van der Waals surface area contributed by atoms with Crippen LogP contribution in [0.1, 0.15) is 11.1 Å². The first kappa shape index (κ1) is 12.3. The van der Waals surface area contributed by atoms with Gasteiger partial charge in [0.1, 0.15) is 5.82 Å². The first-order chi connectivity index (χ1) is 7.30. The monoisotopic (exact) mass is 237 g/mol. The summed E-state index contributed by atoms with van der Waals surface area (Å²) in [5, 5.41) is 10.0. The second kappa shape index (κ2) is 4.38. The molecule has 0 radical (unpaired) electrons. The molecule has 3 nitrogen and oxygen atoms in total. The van der Waals surface area contributed by atoms with Crippen molar-refractivity contribution in [1.82, 2.24) is 5.32 Å². The Bertz CT molecular complexity index is 403. The Morgan fingerprint density at radius 2 is 2.00 bits per heavy atom. The number of rotatable bonds is 2. The third-order valence-electron chi connectivity index (χ3n) is 1.80. The standard InChI is InChI=1S/C9H7F4NO2/c10-7-2-1-6(9(11,12)13)3-5(7)4-14-8(15)16/h1-3,14H,4H2,(H,15,16). The number of amides is 1. The van der Waals surface area contributed by atoms with Crippen LogP contribution in [0.3, 0.4) is 0 Å². The highest BCUT2D eigenvalue weighted by Crippen LogP contribution is 2.30. The van der Waals surface area contributed by atoms with Crippen LogP contribution in [0.4, 0.5) is 22.4 Å². The van der Waals surface area contributed by atoms with E-state index in [-0.39, 0.29) is 5.56 Å². The number of carbonyl (C=O) groups is 1. The number of hydrogen-bond donors (Lipinski definition) is 2. The van der Waals surface area contributed by atoms with E-state index in [1.54, 1.807) is 5.32 Å². The fourth-order valence-electron chi connectivity index (χ4n) is 1.06. The van der Waals surface area contributed by atoms with Crippen molar-refractivity contribution < 1.29 is 27.5 Å². The highest BCUT2D eigenvalue weighted by Gasteiger charge is 2.31. The SMILES string of the molecule is O=C(O)NCc1cc(C(F)(F)F)ccc1F. The van der Waals surface area contributed by atoms with E-state index in [0.717, 1.165) is 0 Å². The van der Waals surface area contributed by atoms with E-state index in [9.17, 15) is 22.4 Å². The second-order valence-corrected chi connectivity index (χ2v) is 2.96. The molecule has 88 valence electrons. The lowest BCUT2D eigenvalue weighted by Crippen LogP contribution is -2.21. The summed E-state index contributed by atoms with van der Waals surface area (Å²) in [6.07, 6.45) is -6.01. The summed E-state index contributed by atoms with van der Waals surface area (Å²) in [5.41, 5.74) is -1.37. The fourth-order valence-corrected chi connectivity index (χ4v) is 1.06. The van der Waals surface area contributed by atoms with Crippen LogP contribution in [0.5, 0.6) is 0 Å². The minimum Gasteiger partial charge on any atom is -0.465 e. The van der Waals surface area contributed by atoms with Gasteiger partial charge in [-0.15, -0.1) is 0 Å². The van der Waals surface area contributed by atoms with Crippen molar-refractivity contribution >= 4 is 6.09 Å². The Hall–Kier alpha value is -1.79. The van der Waals surface area contributed by atoms with Crippen LogP contribution in [0, 0.1) is 5.82 Å². The molecule has 0 fully saturated rings. The molecule has 0 spiro atoms. The number of alkyl halides is 3. The van der Waals surface area contributed by atoms with Crippen LogP contribution in [-0.2, 0) is 12.7 Å². The molecule has 0 aliphatic heterocycles. The topological polar surface area (TPSA) is 49.3 Å². The van der Waals surface area contributed by atoms with Gasteiger partial charge in [-0.3, -0.25) is 0 Å². The van der Waals surface area contributed by atoms with Gasteiger partial charge in [0.25, 0.3) is 0 Å². The highest BCUT2D eigenvalue weighted by molar-refractivity contribution is 5.64. The lowest BCUT2D eigenvalue weighted by Gasteiger charge is -2.09. The predicted molar refractivity (Wildman–Crippen MR) is 46.3 cm³/mol. The maximum Gasteiger partial charge on any atom is 0.416 e. The summed E-state index contributed by atoms with van der Waals surface area (Å²) in [6.45, 7) is -0.509. The number of carboxylic acid groups (broad SMARTS) is 1. The Morgan fingerprint density at radius 1 is 1.38 bits per heavy atom. The molecule has 0 saturated heterocycles. The summed E-state index contributed by atoms with van der Waals surface area (Å²) in [5.74, 6) is -0.887. The van der Waals surface area contributed by atoms with Gasteiger partial charge in [0.15, 0.2) is 0 Å². The molecule has 0 bridgehead atoms. The zero-order chi connectivity index (χ0) is 12.3. The molecular weight excluding hydrogens is 230 g/mol. The van der Waals surface area contributed by atoms with Crippen molar-refractivity contribution in [3.8, 4) is 0 Å². The first-order valence-corrected chi connectivity index (χ1v) is 4.13. The number of hydrogen-bond acceptors (Lipinski definition) is 1. The van der Waals surface area contributed by atoms with Crippen LogP contribution in [0.15, 0.2) is 18.2 Å². The van der Waals surface area contributed by atoms with Crippen LogP contribution in [0.25, 0.3) is 0 Å². The second-order valence-electron chi connectivity index (χ2n) is 2.96. The van der Waals surface area contributed by atoms with E-state index in [4.69, 9.17) is 5.11 Å². The van der Waals surface area contributed by atoms with E-state index < -0.39 is 30.2 Å². The molecule has 0 saturated carbocycles. The van der Waals surface area contributed by atoms with Crippen LogP contribution < -0.4 is 5.32 Å². The summed E-state index contributed by atoms with van der Waals surface area (Å²) in [4.78, 5) is 10.1. The van der Waals surface area contributed by atoms with Crippen LogP contribution in [-0.4, -0.2) is 11.2 Å². The molecule has 0 aliphatic carbocycles. The molecule has 1 rings (SSSR count). The van der Waals surface area contributed by atoms with Gasteiger partial charge in [0, 0.05) is 12.1 Å². The average Bonchev–Trinajstić information content (AvgIpc) is 2.14. The minimum atomic E-state index is -4.58. The van der Waals surface area contributed by atoms with Crippen molar-refractivity contribution in [2.24, 2.45) is 0 Å². The summed E-state index contributed by atoms with van der Waals surface area (Å²) in [6, 6.07) is 1.83. The lowest BCUT2D eigenvalue weighted by atomic mass is 10.1. The van der Waals surface area contributed by atoms with E-state index >= 15 is 0 Å². The maximum absolute atomic E-state index is 13.0. The number of nitrogens with one attached hydrogen (secondary N) is 1. The predicted octanol–water partition coefficient (Wildman–Crippen LogP) is 2.61. The smallest absolute Gasteiger partial charge is 0.416 e. The Morgan fingerprint density at radius 3 is 2.50 bits per heavy atom. The van der Waals surface area contributed by atoms with E-state index in [1.165, 1.54) is 0 Å². The van der Waals surface area contributed by atoms with Gasteiger partial charge in [0.2, 0.25) is 0 Å². The molecule has 0 atom stereocenters. The van der Waals surface area contributed by atoms with E-state index in [1.807, 2.05) is 0 Å². The van der Waals surface area contributed by atoms with E-state index in [2.05, 4.69) is 0 Å². The van der Waals surface area contributed by atoms with Crippen molar-refractivity contribution in [1.29, 1.82) is 0 Å². The van der Waals surface area contributed by atoms with Crippen molar-refractivity contribution in [2.45, 2.75) is 12.7 Å². The molecule has 1 aromatic rings. The molecule has 1 aromatic carbocycles. The molecule has 0 heterocycles. The molecule has 0 unspecified atom stereocenters. The molecular formula is C9H7F4NO2. The Kier molecular flexibility index (Phi) is 3.36. The highest BCUT2D eigenvalue weighted by atomic mass is 19.4. The molecule has 7 heteroatoms. The zero-order valence-corrected chi connectivity index (χ0v) is 7.81. The summed E-state index contributed by atoms with van der Waals surface area (Å²) < 4.78 is 49.7. The molecule has 0 aromatic heterocycles. The normalized spacial score (nSPS) is 11.2. The van der Waals surface area contributed by atoms with Crippen LogP contribution in [0.2, 0.25) is 0 Å². The van der Waals surface area contributed by atoms with Gasteiger partial charge >= 0.3 is 12.3 Å². The lowest BCUT2D eigenvalue weighted by molar-refractivity contribution is -0.137. The molecule has 2 N–H and O–H groups in total. The number of halogens is 4. The minimum absolute atomic E-state index is 0.350. The van der Waals surface area contributed by atoms with Gasteiger partial charge in [-0.25, -0.2) is 9.18 Å². The van der Waals surface area contributed by atoms with Crippen molar-refractivity contribution in [3.05, 3.63) is 35.1 Å². The molecule has 0 aliphatic rings. The van der Waals surface area contributed by atoms with Gasteiger partial charge < -0.3 is 10.4 Å². The first-order valence-electron chi connectivity index (χ1n) is 4.13. The van der Waals surface area contributed by atoms with Gasteiger partial charge in [-0.2, -0.15) is 13.2 Å². The van der Waals surface area contributed by atoms with Crippen molar-refractivity contribution in [2.75, 3.05) is 0 Å². The number of benzene rings is 1. The fraction of sp³-hybridized carbons (Fsp3) is 0.222. The Labute approximate surface area is 87.7 Å². The largest absolute Gasteiger partial charge is 0.465 e. The average molecular weight is 237 g/mol. The summed E-state index contributed by atoms with van der Waals surface area (Å²) >= 11 is 0. The quantitative estimate of drug-likeness (QED) is 0.777. The van der Waals surface area contributed by atoms with Crippen LogP contribution >= 0.6 is 0 Å². The van der Waals surface area contributed by atoms with Gasteiger partial charge in [-0.05, 0) is 18.2 Å². The molecule has 16 heavy (non-hydrogen) atoms. The maximum atomic E-state index is 13.0. The van der Waals surface area contributed by atoms with Gasteiger partial charge in [-0.1, -0.05) is 0 Å².